The first kappa shape index (κ1) is 10.6. The van der Waals surface area contributed by atoms with E-state index >= 15 is 0 Å². The van der Waals surface area contributed by atoms with Crippen molar-refractivity contribution in [2.24, 2.45) is 7.05 Å². The molecule has 1 heterocycles. The van der Waals surface area contributed by atoms with E-state index < -0.39 is 0 Å². The highest BCUT2D eigenvalue weighted by atomic mass is 14.9. The number of benzene rings is 1. The van der Waals surface area contributed by atoms with Gasteiger partial charge in [-0.05, 0) is 18.6 Å². The van der Waals surface area contributed by atoms with Crippen LogP contribution in [0.3, 0.4) is 0 Å². The first-order chi connectivity index (χ1) is 6.68. The van der Waals surface area contributed by atoms with Crippen LogP contribution in [-0.4, -0.2) is 4.57 Å². The molecule has 2 aromatic rings. The molecule has 0 saturated heterocycles. The Morgan fingerprint density at radius 2 is 1.86 bits per heavy atom. The quantitative estimate of drug-likeness (QED) is 0.680. The van der Waals surface area contributed by atoms with Gasteiger partial charge >= 0.3 is 0 Å². The number of hydrogen-bond acceptors (Lipinski definition) is 1. The van der Waals surface area contributed by atoms with Gasteiger partial charge in [0.2, 0.25) is 0 Å². The first-order valence-electron chi connectivity index (χ1n) is 4.99. The van der Waals surface area contributed by atoms with Gasteiger partial charge in [-0.25, -0.2) is 0 Å². The summed E-state index contributed by atoms with van der Waals surface area (Å²) >= 11 is 0. The van der Waals surface area contributed by atoms with Gasteiger partial charge in [-0.15, -0.1) is 0 Å². The lowest BCUT2D eigenvalue weighted by molar-refractivity contribution is 0.970. The Morgan fingerprint density at radius 3 is 2.50 bits per heavy atom. The monoisotopic (exact) mass is 190 g/mol. The Hall–Kier alpha value is -1.44. The SMILES string of the molecule is CC.Cc1ccc2c(N)cn(C)c2c1. The standard InChI is InChI=1S/C10H12N2.C2H6/c1-7-3-4-8-9(11)6-12(2)10(8)5-7;1-2/h3-6H,11H2,1-2H3;1-2H3. The zero-order valence-corrected chi connectivity index (χ0v) is 9.33. The van der Waals surface area contributed by atoms with Gasteiger partial charge in [-0.2, -0.15) is 0 Å². The molecule has 1 aromatic carbocycles. The summed E-state index contributed by atoms with van der Waals surface area (Å²) < 4.78 is 2.05. The van der Waals surface area contributed by atoms with Gasteiger partial charge in [-0.3, -0.25) is 0 Å². The van der Waals surface area contributed by atoms with Crippen LogP contribution in [0.2, 0.25) is 0 Å². The molecule has 76 valence electrons. The molecule has 2 heteroatoms. The second kappa shape index (κ2) is 4.18. The van der Waals surface area contributed by atoms with Crippen LogP contribution in [0.4, 0.5) is 5.69 Å². The van der Waals surface area contributed by atoms with E-state index in [1.54, 1.807) is 0 Å². The lowest BCUT2D eigenvalue weighted by atomic mass is 10.2. The first-order valence-corrected chi connectivity index (χ1v) is 4.99. The Kier molecular flexibility index (Phi) is 3.18. The lowest BCUT2D eigenvalue weighted by Gasteiger charge is -1.96. The summed E-state index contributed by atoms with van der Waals surface area (Å²) in [7, 11) is 2.01. The topological polar surface area (TPSA) is 30.9 Å². The second-order valence-corrected chi connectivity index (χ2v) is 3.22. The van der Waals surface area contributed by atoms with Crippen LogP contribution in [0, 0.1) is 6.92 Å². The number of nitrogen functional groups attached to an aromatic ring is 1. The second-order valence-electron chi connectivity index (χ2n) is 3.22. The number of rotatable bonds is 0. The van der Waals surface area contributed by atoms with E-state index in [4.69, 9.17) is 5.73 Å². The number of fused-ring (bicyclic) bond motifs is 1. The van der Waals surface area contributed by atoms with E-state index in [2.05, 4.69) is 29.7 Å². The number of aromatic nitrogens is 1. The highest BCUT2D eigenvalue weighted by Gasteiger charge is 2.01. The minimum atomic E-state index is 0.854. The summed E-state index contributed by atoms with van der Waals surface area (Å²) in [4.78, 5) is 0. The smallest absolute Gasteiger partial charge is 0.0573 e. The average molecular weight is 190 g/mol. The van der Waals surface area contributed by atoms with Gasteiger partial charge in [-0.1, -0.05) is 26.0 Å². The van der Waals surface area contributed by atoms with Crippen molar-refractivity contribution >= 4 is 16.6 Å². The zero-order chi connectivity index (χ0) is 10.7. The summed E-state index contributed by atoms with van der Waals surface area (Å²) in [5.74, 6) is 0. The Bertz CT molecular complexity index is 427. The van der Waals surface area contributed by atoms with Gasteiger partial charge in [0, 0.05) is 18.6 Å². The highest BCUT2D eigenvalue weighted by molar-refractivity contribution is 5.92. The van der Waals surface area contributed by atoms with Crippen LogP contribution < -0.4 is 5.73 Å². The van der Waals surface area contributed by atoms with Crippen molar-refractivity contribution in [3.05, 3.63) is 30.0 Å². The van der Waals surface area contributed by atoms with E-state index in [1.165, 1.54) is 11.1 Å². The highest BCUT2D eigenvalue weighted by Crippen LogP contribution is 2.22. The third kappa shape index (κ3) is 1.74. The predicted octanol–water partition coefficient (Wildman–Crippen LogP) is 3.10. The summed E-state index contributed by atoms with van der Waals surface area (Å²) in [6, 6.07) is 6.30. The molecule has 14 heavy (non-hydrogen) atoms. The molecule has 1 aromatic heterocycles. The minimum absolute atomic E-state index is 0.854. The van der Waals surface area contributed by atoms with Crippen molar-refractivity contribution < 1.29 is 0 Å². The third-order valence-electron chi connectivity index (χ3n) is 2.18. The lowest BCUT2D eigenvalue weighted by Crippen LogP contribution is -1.83. The molecule has 0 aliphatic heterocycles. The van der Waals surface area contributed by atoms with Crippen LogP contribution in [0.15, 0.2) is 24.4 Å². The van der Waals surface area contributed by atoms with Crippen molar-refractivity contribution in [1.82, 2.24) is 4.57 Å². The molecule has 0 amide bonds. The minimum Gasteiger partial charge on any atom is -0.397 e. The zero-order valence-electron chi connectivity index (χ0n) is 9.33. The third-order valence-corrected chi connectivity index (χ3v) is 2.18. The van der Waals surface area contributed by atoms with Crippen molar-refractivity contribution in [3.63, 3.8) is 0 Å². The number of hydrogen-bond donors (Lipinski definition) is 1. The number of anilines is 1. The normalized spacial score (nSPS) is 9.71. The summed E-state index contributed by atoms with van der Waals surface area (Å²) in [6.07, 6.45) is 1.95. The van der Waals surface area contributed by atoms with Crippen molar-refractivity contribution in [2.45, 2.75) is 20.8 Å². The maximum atomic E-state index is 5.81. The maximum absolute atomic E-state index is 5.81. The van der Waals surface area contributed by atoms with E-state index in [1.807, 2.05) is 27.1 Å². The van der Waals surface area contributed by atoms with Gasteiger partial charge in [0.25, 0.3) is 0 Å². The van der Waals surface area contributed by atoms with Gasteiger partial charge < -0.3 is 10.3 Å². The average Bonchev–Trinajstić information content (AvgIpc) is 2.46. The van der Waals surface area contributed by atoms with Crippen LogP contribution in [0.25, 0.3) is 10.9 Å². The van der Waals surface area contributed by atoms with Gasteiger partial charge in [0.15, 0.2) is 0 Å². The molecule has 0 aliphatic rings. The molecular formula is C12H18N2. The number of nitrogens with zero attached hydrogens (tertiary/aromatic N) is 1. The van der Waals surface area contributed by atoms with E-state index in [9.17, 15) is 0 Å². The van der Waals surface area contributed by atoms with Crippen molar-refractivity contribution in [1.29, 1.82) is 0 Å². The Balaban J connectivity index is 0.000000461. The molecule has 0 saturated carbocycles. The largest absolute Gasteiger partial charge is 0.397 e. The fourth-order valence-electron chi connectivity index (χ4n) is 1.53. The van der Waals surface area contributed by atoms with Crippen LogP contribution in [0.5, 0.6) is 0 Å². The van der Waals surface area contributed by atoms with E-state index in [0.717, 1.165) is 11.1 Å². The van der Waals surface area contributed by atoms with Crippen LogP contribution in [0.1, 0.15) is 19.4 Å². The molecule has 2 nitrogen and oxygen atoms in total. The molecule has 0 unspecified atom stereocenters. The van der Waals surface area contributed by atoms with E-state index in [0.29, 0.717) is 0 Å². The van der Waals surface area contributed by atoms with Crippen molar-refractivity contribution in [2.75, 3.05) is 5.73 Å². The molecule has 0 aliphatic carbocycles. The van der Waals surface area contributed by atoms with Crippen LogP contribution >= 0.6 is 0 Å². The van der Waals surface area contributed by atoms with Gasteiger partial charge in [0.05, 0.1) is 11.2 Å². The molecular weight excluding hydrogens is 172 g/mol. The molecule has 0 radical (unpaired) electrons. The Labute approximate surface area is 85.3 Å². The molecule has 2 rings (SSSR count). The fraction of sp³-hybridized carbons (Fsp3) is 0.333. The van der Waals surface area contributed by atoms with Gasteiger partial charge in [0.1, 0.15) is 0 Å². The molecule has 2 N–H and O–H groups in total. The summed E-state index contributed by atoms with van der Waals surface area (Å²) in [6.45, 7) is 6.09. The number of nitrogens with two attached hydrogens (primary N) is 1. The van der Waals surface area contributed by atoms with Crippen LogP contribution in [-0.2, 0) is 7.05 Å². The predicted molar refractivity (Wildman–Crippen MR) is 63.4 cm³/mol. The molecule has 0 atom stereocenters. The Morgan fingerprint density at radius 1 is 1.21 bits per heavy atom. The molecule has 0 bridgehead atoms. The summed E-state index contributed by atoms with van der Waals surface area (Å²) in [5.41, 5.74) is 9.13. The number of aryl methyl sites for hydroxylation is 2. The van der Waals surface area contributed by atoms with E-state index in [-0.39, 0.29) is 0 Å². The molecule has 0 spiro atoms. The van der Waals surface area contributed by atoms with Crippen molar-refractivity contribution in [3.8, 4) is 0 Å². The molecule has 0 fully saturated rings. The fourth-order valence-corrected chi connectivity index (χ4v) is 1.53. The summed E-state index contributed by atoms with van der Waals surface area (Å²) in [5, 5.41) is 1.14. The maximum Gasteiger partial charge on any atom is 0.0573 e.